The van der Waals surface area contributed by atoms with Crippen LogP contribution in [0.1, 0.15) is 22.5 Å². The number of nitrogens with zero attached hydrogens (tertiary/aromatic N) is 4. The van der Waals surface area contributed by atoms with Crippen LogP contribution in [0, 0.1) is 18.3 Å². The molecule has 4 rings (SSSR count). The van der Waals surface area contributed by atoms with Crippen molar-refractivity contribution < 1.29 is 18.0 Å². The van der Waals surface area contributed by atoms with Crippen LogP contribution in [0.2, 0.25) is 5.02 Å². The predicted octanol–water partition coefficient (Wildman–Crippen LogP) is 5.55. The van der Waals surface area contributed by atoms with Gasteiger partial charge in [-0.25, -0.2) is 9.67 Å². The van der Waals surface area contributed by atoms with Gasteiger partial charge in [-0.05, 0) is 53.9 Å². The third-order valence-electron chi connectivity index (χ3n) is 5.84. The molecule has 2 N–H and O–H groups in total. The van der Waals surface area contributed by atoms with Gasteiger partial charge in [-0.1, -0.05) is 41.9 Å². The fraction of sp³-hybridized carbons (Fsp3) is 0.148. The molecule has 0 spiro atoms. The lowest BCUT2D eigenvalue weighted by Crippen LogP contribution is -2.34. The molecule has 2 aromatic carbocycles. The van der Waals surface area contributed by atoms with Crippen LogP contribution in [-0.2, 0) is 17.5 Å². The summed E-state index contributed by atoms with van der Waals surface area (Å²) in [6.07, 6.45) is -4.63. The summed E-state index contributed by atoms with van der Waals surface area (Å²) < 4.78 is 40.5. The zero-order valence-corrected chi connectivity index (χ0v) is 22.2. The summed E-state index contributed by atoms with van der Waals surface area (Å²) >= 11 is 11.7. The maximum Gasteiger partial charge on any atom is 0.433 e. The second-order valence-electron chi connectivity index (χ2n) is 8.50. The lowest BCUT2D eigenvalue weighted by atomic mass is 9.95. The SMILES string of the molecule is Cc1nc(C(F)(F)F)ccc1Cn1nc(NNC(=O)CCl)c(-c2ccc(Cl)cc2)c(-c2ccc(C#N)cc2)c1=O. The van der Waals surface area contributed by atoms with Crippen molar-refractivity contribution in [3.8, 4) is 28.3 Å². The second-order valence-corrected chi connectivity index (χ2v) is 9.21. The van der Waals surface area contributed by atoms with Crippen molar-refractivity contribution in [3.63, 3.8) is 0 Å². The van der Waals surface area contributed by atoms with Gasteiger partial charge in [0.2, 0.25) is 0 Å². The minimum absolute atomic E-state index is 0.0530. The Kier molecular flexibility index (Phi) is 8.42. The number of rotatable bonds is 7. The standard InChI is InChI=1S/C27H19Cl2F3N6O2/c1-15-19(8-11-21(34-15)27(30,31)32)14-38-26(40)24(18-4-2-16(13-33)3-5-18)23(17-6-9-20(29)10-7-17)25(37-38)36-35-22(39)12-28/h2-11H,12,14H2,1H3,(H,35,39)(H,36,37). The molecule has 0 fully saturated rings. The number of nitrogens with one attached hydrogen (secondary N) is 2. The van der Waals surface area contributed by atoms with Crippen molar-refractivity contribution in [2.45, 2.75) is 19.6 Å². The number of aromatic nitrogens is 3. The Morgan fingerprint density at radius 1 is 1.02 bits per heavy atom. The van der Waals surface area contributed by atoms with E-state index >= 15 is 0 Å². The van der Waals surface area contributed by atoms with E-state index in [0.717, 1.165) is 10.7 Å². The molecule has 2 heterocycles. The number of hydrogen-bond acceptors (Lipinski definition) is 6. The van der Waals surface area contributed by atoms with E-state index in [2.05, 4.69) is 20.9 Å². The zero-order chi connectivity index (χ0) is 29.0. The van der Waals surface area contributed by atoms with Crippen LogP contribution in [-0.4, -0.2) is 26.6 Å². The highest BCUT2D eigenvalue weighted by molar-refractivity contribution is 6.30. The fourth-order valence-electron chi connectivity index (χ4n) is 3.88. The fourth-order valence-corrected chi connectivity index (χ4v) is 4.07. The summed E-state index contributed by atoms with van der Waals surface area (Å²) in [5.74, 6) is -0.884. The Bertz CT molecular complexity index is 1660. The number of hydrazine groups is 1. The molecule has 204 valence electrons. The lowest BCUT2D eigenvalue weighted by molar-refractivity contribution is -0.141. The molecule has 0 aliphatic rings. The first-order chi connectivity index (χ1) is 19.0. The van der Waals surface area contributed by atoms with E-state index in [1.54, 1.807) is 36.4 Å². The number of aryl methyl sites for hydroxylation is 1. The van der Waals surface area contributed by atoms with E-state index in [1.807, 2.05) is 6.07 Å². The molecule has 0 atom stereocenters. The molecule has 4 aromatic rings. The highest BCUT2D eigenvalue weighted by atomic mass is 35.5. The van der Waals surface area contributed by atoms with Gasteiger partial charge < -0.3 is 0 Å². The third kappa shape index (κ3) is 6.25. The van der Waals surface area contributed by atoms with Crippen LogP contribution in [0.15, 0.2) is 65.5 Å². The monoisotopic (exact) mass is 586 g/mol. The number of pyridine rings is 1. The molecule has 13 heteroatoms. The summed E-state index contributed by atoms with van der Waals surface area (Å²) in [6.45, 7) is 1.18. The first-order valence-electron chi connectivity index (χ1n) is 11.6. The smallest absolute Gasteiger partial charge is 0.280 e. The number of alkyl halides is 4. The molecule has 8 nitrogen and oxygen atoms in total. The molecule has 0 aliphatic carbocycles. The lowest BCUT2D eigenvalue weighted by Gasteiger charge is -2.19. The summed E-state index contributed by atoms with van der Waals surface area (Å²) in [4.78, 5) is 29.5. The quantitative estimate of drug-likeness (QED) is 0.217. The summed E-state index contributed by atoms with van der Waals surface area (Å²) in [5, 5.41) is 14.1. The molecule has 2 aromatic heterocycles. The van der Waals surface area contributed by atoms with Crippen LogP contribution >= 0.6 is 23.2 Å². The average molecular weight is 587 g/mol. The van der Waals surface area contributed by atoms with Crippen molar-refractivity contribution in [2.24, 2.45) is 0 Å². The molecule has 0 saturated heterocycles. The first-order valence-corrected chi connectivity index (χ1v) is 12.5. The van der Waals surface area contributed by atoms with Crippen LogP contribution in [0.5, 0.6) is 0 Å². The molecular formula is C27H19Cl2F3N6O2. The van der Waals surface area contributed by atoms with Crippen molar-refractivity contribution in [1.82, 2.24) is 20.2 Å². The van der Waals surface area contributed by atoms with Gasteiger partial charge in [-0.3, -0.25) is 20.4 Å². The van der Waals surface area contributed by atoms with Crippen LogP contribution < -0.4 is 16.4 Å². The summed E-state index contributed by atoms with van der Waals surface area (Å²) in [5.41, 5.74) is 5.64. The van der Waals surface area contributed by atoms with E-state index in [9.17, 15) is 28.0 Å². The van der Waals surface area contributed by atoms with Crippen LogP contribution in [0.3, 0.4) is 0 Å². The summed E-state index contributed by atoms with van der Waals surface area (Å²) in [7, 11) is 0. The molecule has 0 unspecified atom stereocenters. The van der Waals surface area contributed by atoms with Gasteiger partial charge >= 0.3 is 6.18 Å². The Morgan fingerprint density at radius 3 is 2.23 bits per heavy atom. The molecule has 1 amide bonds. The molecule has 0 bridgehead atoms. The molecular weight excluding hydrogens is 568 g/mol. The van der Waals surface area contributed by atoms with E-state index in [0.29, 0.717) is 32.8 Å². The van der Waals surface area contributed by atoms with Crippen molar-refractivity contribution in [2.75, 3.05) is 11.3 Å². The van der Waals surface area contributed by atoms with Gasteiger partial charge in [-0.2, -0.15) is 18.4 Å². The predicted molar refractivity (Wildman–Crippen MR) is 145 cm³/mol. The number of hydrogen-bond donors (Lipinski definition) is 2. The second kappa shape index (κ2) is 11.8. The van der Waals surface area contributed by atoms with Gasteiger partial charge in [-0.15, -0.1) is 16.7 Å². The maximum atomic E-state index is 13.9. The molecule has 0 radical (unpaired) electrons. The van der Waals surface area contributed by atoms with Gasteiger partial charge in [0.25, 0.3) is 11.5 Å². The minimum atomic E-state index is -4.63. The molecule has 0 saturated carbocycles. The van der Waals surface area contributed by atoms with E-state index in [1.165, 1.54) is 25.1 Å². The molecule has 0 aliphatic heterocycles. The zero-order valence-electron chi connectivity index (χ0n) is 20.7. The van der Waals surface area contributed by atoms with Gasteiger partial charge in [0.15, 0.2) is 5.82 Å². The maximum absolute atomic E-state index is 13.9. The number of benzene rings is 2. The van der Waals surface area contributed by atoms with Crippen molar-refractivity contribution in [3.05, 3.63) is 98.6 Å². The first kappa shape index (κ1) is 28.6. The van der Waals surface area contributed by atoms with Crippen molar-refractivity contribution in [1.29, 1.82) is 5.26 Å². The molecule has 40 heavy (non-hydrogen) atoms. The summed E-state index contributed by atoms with van der Waals surface area (Å²) in [6, 6.07) is 16.9. The van der Waals surface area contributed by atoms with Crippen LogP contribution in [0.25, 0.3) is 22.3 Å². The number of halogens is 5. The number of amides is 1. The number of carbonyl (C=O) groups excluding carboxylic acids is 1. The Morgan fingerprint density at radius 2 is 1.65 bits per heavy atom. The van der Waals surface area contributed by atoms with Gasteiger partial charge in [0.05, 0.1) is 23.7 Å². The van der Waals surface area contributed by atoms with E-state index in [-0.39, 0.29) is 29.5 Å². The number of nitriles is 1. The Labute approximate surface area is 236 Å². The minimum Gasteiger partial charge on any atom is -0.280 e. The Balaban J connectivity index is 1.96. The average Bonchev–Trinajstić information content (AvgIpc) is 2.93. The van der Waals surface area contributed by atoms with Gasteiger partial charge in [0, 0.05) is 16.3 Å². The van der Waals surface area contributed by atoms with Crippen LogP contribution in [0.4, 0.5) is 19.0 Å². The largest absolute Gasteiger partial charge is 0.433 e. The number of carbonyl (C=O) groups is 1. The highest BCUT2D eigenvalue weighted by Crippen LogP contribution is 2.35. The van der Waals surface area contributed by atoms with Gasteiger partial charge in [0.1, 0.15) is 11.6 Å². The third-order valence-corrected chi connectivity index (χ3v) is 6.33. The number of anilines is 1. The topological polar surface area (TPSA) is 113 Å². The van der Waals surface area contributed by atoms with E-state index in [4.69, 9.17) is 23.2 Å². The van der Waals surface area contributed by atoms with E-state index < -0.39 is 23.3 Å². The normalized spacial score (nSPS) is 11.1. The Hall–Kier alpha value is -4.40. The highest BCUT2D eigenvalue weighted by Gasteiger charge is 2.32. The van der Waals surface area contributed by atoms with Crippen molar-refractivity contribution >= 4 is 34.9 Å².